The van der Waals surface area contributed by atoms with Gasteiger partial charge in [0.25, 0.3) is 5.91 Å². The second-order valence-electron chi connectivity index (χ2n) is 4.25. The number of aromatic nitrogens is 1. The number of benzene rings is 1. The van der Waals surface area contributed by atoms with Gasteiger partial charge in [-0.1, -0.05) is 17.8 Å². The van der Waals surface area contributed by atoms with Gasteiger partial charge in [-0.25, -0.2) is 4.98 Å². The van der Waals surface area contributed by atoms with Gasteiger partial charge in [0.2, 0.25) is 0 Å². The van der Waals surface area contributed by atoms with E-state index in [1.165, 1.54) is 0 Å². The highest BCUT2D eigenvalue weighted by Crippen LogP contribution is 2.25. The van der Waals surface area contributed by atoms with Crippen molar-refractivity contribution in [2.24, 2.45) is 0 Å². The fraction of sp³-hybridized carbons (Fsp3) is 0.250. The maximum Gasteiger partial charge on any atom is 0.251 e. The molecule has 110 valence electrons. The molecule has 0 saturated carbocycles. The minimum atomic E-state index is -0.0795. The monoisotopic (exact) mass is 302 g/mol. The van der Waals surface area contributed by atoms with E-state index in [0.717, 1.165) is 9.92 Å². The van der Waals surface area contributed by atoms with Crippen LogP contribution in [0, 0.1) is 0 Å². The van der Waals surface area contributed by atoms with Gasteiger partial charge in [0.05, 0.1) is 6.61 Å². The number of hydrogen-bond donors (Lipinski definition) is 1. The maximum absolute atomic E-state index is 11.9. The molecule has 0 aliphatic carbocycles. The number of pyridine rings is 1. The van der Waals surface area contributed by atoms with Crippen LogP contribution in [0.3, 0.4) is 0 Å². The zero-order valence-corrected chi connectivity index (χ0v) is 12.7. The molecule has 1 heterocycles. The second kappa shape index (κ2) is 8.44. The lowest BCUT2D eigenvalue weighted by Gasteiger charge is -2.06. The highest BCUT2D eigenvalue weighted by atomic mass is 32.2. The molecule has 2 aromatic rings. The first kappa shape index (κ1) is 15.5. The number of carbonyl (C=O) groups excluding carboxylic acids is 1. The van der Waals surface area contributed by atoms with Crippen molar-refractivity contribution in [3.05, 3.63) is 54.2 Å². The number of nitrogens with zero attached hydrogens (tertiary/aromatic N) is 1. The second-order valence-corrected chi connectivity index (χ2v) is 5.34. The standard InChI is InChI=1S/C16H18N2O2S/c1-2-20-12-11-18-16(19)13-6-8-14(9-7-13)21-15-5-3-4-10-17-15/h3-10H,2,11-12H2,1H3,(H,18,19). The quantitative estimate of drug-likeness (QED) is 0.799. The molecule has 0 atom stereocenters. The van der Waals surface area contributed by atoms with E-state index in [4.69, 9.17) is 4.74 Å². The summed E-state index contributed by atoms with van der Waals surface area (Å²) in [6.07, 6.45) is 1.77. The molecule has 4 nitrogen and oxygen atoms in total. The van der Waals surface area contributed by atoms with Crippen LogP contribution >= 0.6 is 11.8 Å². The Kier molecular flexibility index (Phi) is 6.24. The van der Waals surface area contributed by atoms with Crippen LogP contribution in [-0.4, -0.2) is 30.6 Å². The highest BCUT2D eigenvalue weighted by Gasteiger charge is 2.05. The Bertz CT molecular complexity index is 558. The van der Waals surface area contributed by atoms with E-state index >= 15 is 0 Å². The van der Waals surface area contributed by atoms with E-state index in [1.54, 1.807) is 18.0 Å². The topological polar surface area (TPSA) is 51.2 Å². The summed E-state index contributed by atoms with van der Waals surface area (Å²) in [5.41, 5.74) is 0.650. The molecule has 1 aromatic carbocycles. The van der Waals surface area contributed by atoms with Crippen molar-refractivity contribution in [3.8, 4) is 0 Å². The van der Waals surface area contributed by atoms with Crippen molar-refractivity contribution in [1.29, 1.82) is 0 Å². The molecule has 0 unspecified atom stereocenters. The van der Waals surface area contributed by atoms with Crippen LogP contribution in [0.15, 0.2) is 58.6 Å². The molecule has 0 aliphatic heterocycles. The molecule has 0 saturated heterocycles. The van der Waals surface area contributed by atoms with Gasteiger partial charge in [-0.3, -0.25) is 4.79 Å². The first-order chi connectivity index (χ1) is 10.3. The third-order valence-electron chi connectivity index (χ3n) is 2.71. The minimum absolute atomic E-state index is 0.0795. The van der Waals surface area contributed by atoms with Gasteiger partial charge in [0.15, 0.2) is 0 Å². The smallest absolute Gasteiger partial charge is 0.251 e. The van der Waals surface area contributed by atoms with Gasteiger partial charge in [-0.2, -0.15) is 0 Å². The van der Waals surface area contributed by atoms with Crippen molar-refractivity contribution >= 4 is 17.7 Å². The van der Waals surface area contributed by atoms with E-state index in [1.807, 2.05) is 49.4 Å². The van der Waals surface area contributed by atoms with E-state index < -0.39 is 0 Å². The van der Waals surface area contributed by atoms with Gasteiger partial charge in [-0.05, 0) is 43.3 Å². The predicted molar refractivity (Wildman–Crippen MR) is 83.6 cm³/mol. The fourth-order valence-electron chi connectivity index (χ4n) is 1.69. The van der Waals surface area contributed by atoms with Crippen molar-refractivity contribution in [3.63, 3.8) is 0 Å². The number of rotatable bonds is 7. The molecule has 2 rings (SSSR count). The summed E-state index contributed by atoms with van der Waals surface area (Å²) in [6.45, 7) is 3.65. The average molecular weight is 302 g/mol. The number of ether oxygens (including phenoxy) is 1. The van der Waals surface area contributed by atoms with Crippen LogP contribution in [0.2, 0.25) is 0 Å². The third-order valence-corrected chi connectivity index (χ3v) is 3.67. The molecule has 21 heavy (non-hydrogen) atoms. The van der Waals surface area contributed by atoms with Crippen LogP contribution in [0.25, 0.3) is 0 Å². The summed E-state index contributed by atoms with van der Waals surface area (Å²) in [4.78, 5) is 17.2. The van der Waals surface area contributed by atoms with Gasteiger partial charge in [0, 0.05) is 29.8 Å². The summed E-state index contributed by atoms with van der Waals surface area (Å²) in [7, 11) is 0. The van der Waals surface area contributed by atoms with E-state index in [9.17, 15) is 4.79 Å². The Labute approximate surface area is 128 Å². The van der Waals surface area contributed by atoms with Gasteiger partial charge in [0.1, 0.15) is 5.03 Å². The summed E-state index contributed by atoms with van der Waals surface area (Å²) in [5.74, 6) is -0.0795. The number of nitrogens with one attached hydrogen (secondary N) is 1. The zero-order valence-electron chi connectivity index (χ0n) is 11.9. The predicted octanol–water partition coefficient (Wildman–Crippen LogP) is 3.00. The Morgan fingerprint density at radius 3 is 2.71 bits per heavy atom. The molecule has 1 N–H and O–H groups in total. The zero-order chi connectivity index (χ0) is 14.9. The summed E-state index contributed by atoms with van der Waals surface area (Å²) >= 11 is 1.57. The molecular weight excluding hydrogens is 284 g/mol. The van der Waals surface area contributed by atoms with Gasteiger partial charge < -0.3 is 10.1 Å². The lowest BCUT2D eigenvalue weighted by molar-refractivity contribution is 0.0922. The lowest BCUT2D eigenvalue weighted by Crippen LogP contribution is -2.27. The number of hydrogen-bond acceptors (Lipinski definition) is 4. The number of amides is 1. The van der Waals surface area contributed by atoms with E-state index in [-0.39, 0.29) is 5.91 Å². The summed E-state index contributed by atoms with van der Waals surface area (Å²) in [5, 5.41) is 3.76. The molecule has 0 radical (unpaired) electrons. The van der Waals surface area contributed by atoms with Crippen molar-refractivity contribution in [1.82, 2.24) is 10.3 Å². The molecule has 1 amide bonds. The molecule has 0 fully saturated rings. The Morgan fingerprint density at radius 2 is 2.05 bits per heavy atom. The average Bonchev–Trinajstić information content (AvgIpc) is 2.53. The highest BCUT2D eigenvalue weighted by molar-refractivity contribution is 7.99. The Morgan fingerprint density at radius 1 is 1.24 bits per heavy atom. The Hall–Kier alpha value is -1.85. The van der Waals surface area contributed by atoms with Crippen LogP contribution in [0.4, 0.5) is 0 Å². The van der Waals surface area contributed by atoms with Crippen LogP contribution in [-0.2, 0) is 4.74 Å². The largest absolute Gasteiger partial charge is 0.380 e. The van der Waals surface area contributed by atoms with Crippen molar-refractivity contribution in [2.75, 3.05) is 19.8 Å². The minimum Gasteiger partial charge on any atom is -0.380 e. The lowest BCUT2D eigenvalue weighted by atomic mass is 10.2. The third kappa shape index (κ3) is 5.21. The van der Waals surface area contributed by atoms with E-state index in [0.29, 0.717) is 25.3 Å². The first-order valence-corrected chi connectivity index (χ1v) is 7.66. The fourth-order valence-corrected chi connectivity index (χ4v) is 2.46. The summed E-state index contributed by atoms with van der Waals surface area (Å²) in [6, 6.07) is 13.3. The van der Waals surface area contributed by atoms with Crippen molar-refractivity contribution < 1.29 is 9.53 Å². The first-order valence-electron chi connectivity index (χ1n) is 6.84. The molecule has 0 aliphatic rings. The molecule has 0 spiro atoms. The van der Waals surface area contributed by atoms with Crippen LogP contribution < -0.4 is 5.32 Å². The maximum atomic E-state index is 11.9. The van der Waals surface area contributed by atoms with Gasteiger partial charge >= 0.3 is 0 Å². The van der Waals surface area contributed by atoms with E-state index in [2.05, 4.69) is 10.3 Å². The van der Waals surface area contributed by atoms with Gasteiger partial charge in [-0.15, -0.1) is 0 Å². The molecule has 0 bridgehead atoms. The molecule has 5 heteroatoms. The normalized spacial score (nSPS) is 10.3. The van der Waals surface area contributed by atoms with Crippen molar-refractivity contribution in [2.45, 2.75) is 16.8 Å². The van der Waals surface area contributed by atoms with Crippen LogP contribution in [0.1, 0.15) is 17.3 Å². The summed E-state index contributed by atoms with van der Waals surface area (Å²) < 4.78 is 5.18. The molecular formula is C16H18N2O2S. The van der Waals surface area contributed by atoms with Crippen LogP contribution in [0.5, 0.6) is 0 Å². The Balaban J connectivity index is 1.88. The number of carbonyl (C=O) groups is 1. The molecule has 1 aromatic heterocycles. The SMILES string of the molecule is CCOCCNC(=O)c1ccc(Sc2ccccn2)cc1.